The molecule has 0 radical (unpaired) electrons. The number of nitrogens with zero attached hydrogens (tertiary/aromatic N) is 3. The lowest BCUT2D eigenvalue weighted by Crippen LogP contribution is -2.23. The molecule has 0 atom stereocenters. The molecular formula is C24H28N4O4. The number of amides is 1. The van der Waals surface area contributed by atoms with E-state index in [1.54, 1.807) is 45.7 Å². The van der Waals surface area contributed by atoms with E-state index in [2.05, 4.69) is 15.4 Å². The molecule has 0 saturated heterocycles. The van der Waals surface area contributed by atoms with Crippen molar-refractivity contribution in [2.75, 3.05) is 27.9 Å². The van der Waals surface area contributed by atoms with Crippen LogP contribution in [0.2, 0.25) is 0 Å². The highest BCUT2D eigenvalue weighted by Crippen LogP contribution is 2.38. The summed E-state index contributed by atoms with van der Waals surface area (Å²) >= 11 is 0. The average Bonchev–Trinajstić information content (AvgIpc) is 3.10. The fourth-order valence-corrected chi connectivity index (χ4v) is 3.48. The van der Waals surface area contributed by atoms with Gasteiger partial charge in [0.15, 0.2) is 17.3 Å². The molecule has 3 aromatic rings. The third kappa shape index (κ3) is 5.08. The first kappa shape index (κ1) is 22.9. The third-order valence-corrected chi connectivity index (χ3v) is 5.10. The number of nitrogens with one attached hydrogen (secondary N) is 1. The summed E-state index contributed by atoms with van der Waals surface area (Å²) in [5.41, 5.74) is 3.81. The smallest absolute Gasteiger partial charge is 0.244 e. The van der Waals surface area contributed by atoms with E-state index in [-0.39, 0.29) is 5.91 Å². The van der Waals surface area contributed by atoms with E-state index in [0.29, 0.717) is 30.2 Å². The maximum Gasteiger partial charge on any atom is 0.244 e. The molecule has 3 rings (SSSR count). The van der Waals surface area contributed by atoms with Gasteiger partial charge in [0.2, 0.25) is 11.7 Å². The molecule has 0 aliphatic carbocycles. The second-order valence-corrected chi connectivity index (χ2v) is 7.08. The summed E-state index contributed by atoms with van der Waals surface area (Å²) in [7, 11) is 4.65. The molecule has 1 N–H and O–H groups in total. The van der Waals surface area contributed by atoms with Crippen LogP contribution in [0.15, 0.2) is 42.6 Å². The van der Waals surface area contributed by atoms with Crippen molar-refractivity contribution in [1.82, 2.24) is 20.1 Å². The van der Waals surface area contributed by atoms with Crippen molar-refractivity contribution in [2.24, 2.45) is 0 Å². The van der Waals surface area contributed by atoms with Gasteiger partial charge < -0.3 is 19.5 Å². The summed E-state index contributed by atoms with van der Waals surface area (Å²) in [5, 5.41) is 7.51. The van der Waals surface area contributed by atoms with Crippen LogP contribution in [0.25, 0.3) is 11.9 Å². The van der Waals surface area contributed by atoms with Crippen LogP contribution in [0, 0.1) is 13.8 Å². The van der Waals surface area contributed by atoms with Crippen LogP contribution in [0.5, 0.6) is 17.2 Å². The highest BCUT2D eigenvalue weighted by Gasteiger charge is 2.14. The van der Waals surface area contributed by atoms with E-state index in [1.165, 1.54) is 6.08 Å². The highest BCUT2D eigenvalue weighted by atomic mass is 16.5. The Morgan fingerprint density at radius 2 is 1.81 bits per heavy atom. The lowest BCUT2D eigenvalue weighted by molar-refractivity contribution is -0.116. The number of carbonyl (C=O) groups is 1. The molecule has 0 saturated carbocycles. The fraction of sp³-hybridized carbons (Fsp3) is 0.292. The normalized spacial score (nSPS) is 10.9. The molecule has 0 spiro atoms. The van der Waals surface area contributed by atoms with Crippen LogP contribution in [0.3, 0.4) is 0 Å². The number of ether oxygens (including phenoxy) is 3. The van der Waals surface area contributed by atoms with Gasteiger partial charge in [0, 0.05) is 24.5 Å². The zero-order valence-electron chi connectivity index (χ0n) is 19.0. The van der Waals surface area contributed by atoms with Crippen molar-refractivity contribution in [2.45, 2.75) is 20.3 Å². The van der Waals surface area contributed by atoms with E-state index in [1.807, 2.05) is 36.7 Å². The van der Waals surface area contributed by atoms with Gasteiger partial charge in [0.25, 0.3) is 0 Å². The van der Waals surface area contributed by atoms with Crippen LogP contribution in [0.4, 0.5) is 0 Å². The van der Waals surface area contributed by atoms with E-state index in [9.17, 15) is 4.79 Å². The minimum Gasteiger partial charge on any atom is -0.493 e. The quantitative estimate of drug-likeness (QED) is 0.518. The van der Waals surface area contributed by atoms with Crippen LogP contribution in [-0.4, -0.2) is 48.5 Å². The Morgan fingerprint density at radius 1 is 1.09 bits per heavy atom. The summed E-state index contributed by atoms with van der Waals surface area (Å²) in [6.07, 6.45) is 5.60. The van der Waals surface area contributed by atoms with Crippen LogP contribution >= 0.6 is 0 Å². The molecule has 0 aliphatic heterocycles. The number of aryl methyl sites for hydroxylation is 1. The van der Waals surface area contributed by atoms with E-state index in [4.69, 9.17) is 14.2 Å². The van der Waals surface area contributed by atoms with E-state index in [0.717, 1.165) is 28.3 Å². The minimum atomic E-state index is -0.189. The van der Waals surface area contributed by atoms with Gasteiger partial charge in [-0.15, -0.1) is 0 Å². The minimum absolute atomic E-state index is 0.189. The van der Waals surface area contributed by atoms with Crippen LogP contribution < -0.4 is 19.5 Å². The molecular weight excluding hydrogens is 408 g/mol. The molecule has 0 unspecified atom stereocenters. The lowest BCUT2D eigenvalue weighted by atomic mass is 10.1. The number of hydrogen-bond acceptors (Lipinski definition) is 6. The number of rotatable bonds is 9. The lowest BCUT2D eigenvalue weighted by Gasteiger charge is -2.12. The van der Waals surface area contributed by atoms with Crippen molar-refractivity contribution in [3.63, 3.8) is 0 Å². The molecule has 0 fully saturated rings. The maximum absolute atomic E-state index is 12.3. The Kier molecular flexibility index (Phi) is 7.49. The Bertz CT molecular complexity index is 1080. The van der Waals surface area contributed by atoms with Crippen molar-refractivity contribution in [3.8, 4) is 23.1 Å². The molecule has 2 heterocycles. The molecule has 168 valence electrons. The Balaban J connectivity index is 1.63. The van der Waals surface area contributed by atoms with Crippen molar-refractivity contribution in [3.05, 3.63) is 65.1 Å². The largest absolute Gasteiger partial charge is 0.493 e. The summed E-state index contributed by atoms with van der Waals surface area (Å²) in [4.78, 5) is 16.7. The summed E-state index contributed by atoms with van der Waals surface area (Å²) in [6, 6.07) is 9.28. The van der Waals surface area contributed by atoms with E-state index >= 15 is 0 Å². The highest BCUT2D eigenvalue weighted by molar-refractivity contribution is 5.91. The number of methoxy groups -OCH3 is 3. The van der Waals surface area contributed by atoms with E-state index < -0.39 is 0 Å². The number of benzene rings is 1. The average molecular weight is 437 g/mol. The van der Waals surface area contributed by atoms with Crippen LogP contribution in [-0.2, 0) is 11.2 Å². The van der Waals surface area contributed by atoms with Crippen LogP contribution in [0.1, 0.15) is 22.5 Å². The summed E-state index contributed by atoms with van der Waals surface area (Å²) < 4.78 is 17.8. The zero-order valence-corrected chi connectivity index (χ0v) is 19.0. The molecule has 0 aliphatic rings. The van der Waals surface area contributed by atoms with Gasteiger partial charge in [-0.05, 0) is 61.7 Å². The van der Waals surface area contributed by atoms with Gasteiger partial charge in [-0.1, -0.05) is 6.07 Å². The Morgan fingerprint density at radius 3 is 2.41 bits per heavy atom. The van der Waals surface area contributed by atoms with Gasteiger partial charge in [0.05, 0.1) is 27.0 Å². The topological polar surface area (TPSA) is 87.5 Å². The molecule has 2 aromatic heterocycles. The predicted molar refractivity (Wildman–Crippen MR) is 123 cm³/mol. The van der Waals surface area contributed by atoms with Gasteiger partial charge >= 0.3 is 0 Å². The van der Waals surface area contributed by atoms with Gasteiger partial charge in [-0.2, -0.15) is 5.10 Å². The summed E-state index contributed by atoms with van der Waals surface area (Å²) in [6.45, 7) is 4.47. The molecule has 8 nitrogen and oxygen atoms in total. The molecule has 1 aromatic carbocycles. The molecule has 0 bridgehead atoms. The second kappa shape index (κ2) is 10.5. The summed E-state index contributed by atoms with van der Waals surface area (Å²) in [5.74, 6) is 2.15. The van der Waals surface area contributed by atoms with Gasteiger partial charge in [-0.25, -0.2) is 9.67 Å². The first-order valence-electron chi connectivity index (χ1n) is 10.2. The molecule has 32 heavy (non-hydrogen) atoms. The number of aromatic nitrogens is 3. The predicted octanol–water partition coefficient (Wildman–Crippen LogP) is 3.28. The number of pyridine rings is 1. The van der Waals surface area contributed by atoms with Gasteiger partial charge in [0.1, 0.15) is 0 Å². The fourth-order valence-electron chi connectivity index (χ4n) is 3.48. The second-order valence-electron chi connectivity index (χ2n) is 7.08. The monoisotopic (exact) mass is 436 g/mol. The standard InChI is InChI=1S/C24H28N4O4/c1-16-19(17(2)28(27-16)22-8-6-7-12-25-22)11-13-26-23(29)10-9-18-14-20(30-3)24(32-5)21(15-18)31-4/h6-10,12,14-15H,11,13H2,1-5H3,(H,26,29)/b10-9+. The van der Waals surface area contributed by atoms with Gasteiger partial charge in [-0.3, -0.25) is 4.79 Å². The number of carbonyl (C=O) groups excluding carboxylic acids is 1. The molecule has 8 heteroatoms. The Labute approximate surface area is 187 Å². The third-order valence-electron chi connectivity index (χ3n) is 5.10. The number of hydrogen-bond donors (Lipinski definition) is 1. The SMILES string of the molecule is COc1cc(/C=C/C(=O)NCCc2c(C)nn(-c3ccccn3)c2C)cc(OC)c1OC. The van der Waals surface area contributed by atoms with Crippen molar-refractivity contribution < 1.29 is 19.0 Å². The zero-order chi connectivity index (χ0) is 23.1. The maximum atomic E-state index is 12.3. The first-order chi connectivity index (χ1) is 15.5. The Hall–Kier alpha value is -3.81. The first-order valence-corrected chi connectivity index (χ1v) is 10.2. The molecule has 1 amide bonds. The van der Waals surface area contributed by atoms with Crippen molar-refractivity contribution >= 4 is 12.0 Å². The van der Waals surface area contributed by atoms with Crippen molar-refractivity contribution in [1.29, 1.82) is 0 Å².